The van der Waals surface area contributed by atoms with Crippen LogP contribution in [0.4, 0.5) is 0 Å². The van der Waals surface area contributed by atoms with Gasteiger partial charge in [-0.1, -0.05) is 29.8 Å². The highest BCUT2D eigenvalue weighted by molar-refractivity contribution is 7.91. The predicted molar refractivity (Wildman–Crippen MR) is 104 cm³/mol. The fourth-order valence-electron chi connectivity index (χ4n) is 4.42. The van der Waals surface area contributed by atoms with E-state index in [1.54, 1.807) is 4.68 Å². The minimum absolute atomic E-state index is 0.0626. The van der Waals surface area contributed by atoms with Gasteiger partial charge < -0.3 is 0 Å². The van der Waals surface area contributed by atoms with Gasteiger partial charge >= 0.3 is 0 Å². The third-order valence-electron chi connectivity index (χ3n) is 5.71. The van der Waals surface area contributed by atoms with E-state index in [0.717, 1.165) is 55.8 Å². The second kappa shape index (κ2) is 6.66. The van der Waals surface area contributed by atoms with Crippen LogP contribution in [0.25, 0.3) is 5.69 Å². The molecule has 1 aromatic carbocycles. The van der Waals surface area contributed by atoms with Crippen molar-refractivity contribution in [1.82, 2.24) is 14.7 Å². The summed E-state index contributed by atoms with van der Waals surface area (Å²) >= 11 is 6.66. The van der Waals surface area contributed by atoms with Crippen LogP contribution in [0.15, 0.2) is 30.3 Å². The van der Waals surface area contributed by atoms with Gasteiger partial charge in [0.2, 0.25) is 0 Å². The van der Waals surface area contributed by atoms with Crippen molar-refractivity contribution in [3.63, 3.8) is 0 Å². The molecule has 1 unspecified atom stereocenters. The number of halogens is 1. The molecule has 0 N–H and O–H groups in total. The molecule has 1 aromatic heterocycles. The van der Waals surface area contributed by atoms with Crippen molar-refractivity contribution in [2.45, 2.75) is 32.7 Å². The van der Waals surface area contributed by atoms with Crippen molar-refractivity contribution in [2.24, 2.45) is 5.41 Å². The lowest BCUT2D eigenvalue weighted by atomic mass is 9.79. The molecule has 0 amide bonds. The first-order valence-corrected chi connectivity index (χ1v) is 11.3. The molecule has 4 rings (SSSR count). The number of hydrogen-bond acceptors (Lipinski definition) is 4. The Kier molecular flexibility index (Phi) is 4.61. The van der Waals surface area contributed by atoms with Crippen LogP contribution >= 0.6 is 11.6 Å². The molecule has 1 atom stereocenters. The molecule has 2 aliphatic heterocycles. The van der Waals surface area contributed by atoms with E-state index < -0.39 is 9.84 Å². The molecule has 0 bridgehead atoms. The van der Waals surface area contributed by atoms with Gasteiger partial charge in [0, 0.05) is 18.7 Å². The van der Waals surface area contributed by atoms with Crippen LogP contribution in [0.3, 0.4) is 0 Å². The Labute approximate surface area is 159 Å². The number of aryl methyl sites for hydroxylation is 1. The van der Waals surface area contributed by atoms with Crippen LogP contribution in [0, 0.1) is 12.3 Å². The fourth-order valence-corrected chi connectivity index (χ4v) is 6.96. The van der Waals surface area contributed by atoms with Gasteiger partial charge in [-0.2, -0.15) is 5.10 Å². The monoisotopic (exact) mass is 393 g/mol. The first-order chi connectivity index (χ1) is 12.4. The number of rotatable bonds is 3. The van der Waals surface area contributed by atoms with E-state index in [9.17, 15) is 8.42 Å². The highest BCUT2D eigenvalue weighted by atomic mass is 35.5. The summed E-state index contributed by atoms with van der Waals surface area (Å²) in [7, 11) is -2.87. The second-order valence-corrected chi connectivity index (χ2v) is 10.3. The Balaban J connectivity index is 1.55. The average molecular weight is 394 g/mol. The van der Waals surface area contributed by atoms with E-state index in [1.165, 1.54) is 0 Å². The first kappa shape index (κ1) is 18.0. The molecule has 2 aliphatic rings. The van der Waals surface area contributed by atoms with E-state index in [4.69, 9.17) is 11.6 Å². The first-order valence-electron chi connectivity index (χ1n) is 9.10. The zero-order valence-corrected chi connectivity index (χ0v) is 16.6. The summed E-state index contributed by atoms with van der Waals surface area (Å²) in [6.07, 6.45) is 2.85. The molecule has 2 aromatic rings. The number of benzene rings is 1. The van der Waals surface area contributed by atoms with Crippen molar-refractivity contribution in [2.75, 3.05) is 24.6 Å². The molecule has 0 radical (unpaired) electrons. The number of piperidine rings is 1. The molecular weight excluding hydrogens is 370 g/mol. The van der Waals surface area contributed by atoms with Crippen molar-refractivity contribution < 1.29 is 8.42 Å². The predicted octanol–water partition coefficient (Wildman–Crippen LogP) is 3.23. The Hall–Kier alpha value is -1.37. The van der Waals surface area contributed by atoms with E-state index in [0.29, 0.717) is 16.7 Å². The summed E-state index contributed by atoms with van der Waals surface area (Å²) < 4.78 is 25.8. The van der Waals surface area contributed by atoms with Crippen molar-refractivity contribution in [3.8, 4) is 5.69 Å². The average Bonchev–Trinajstić information content (AvgIpc) is 3.06. The standard InChI is InChI=1S/C19H24ClN3O2S/c1-15-17(18(20)23(21-15)16-6-3-2-4-7-16)12-22-10-5-8-19(13-22)9-11-26(24,25)14-19/h2-4,6-7H,5,8-14H2,1H3. The van der Waals surface area contributed by atoms with Gasteiger partial charge in [-0.25, -0.2) is 13.1 Å². The topological polar surface area (TPSA) is 55.2 Å². The Morgan fingerprint density at radius 2 is 2.00 bits per heavy atom. The third-order valence-corrected chi connectivity index (χ3v) is 7.98. The molecule has 0 aliphatic carbocycles. The maximum absolute atomic E-state index is 12.0. The highest BCUT2D eigenvalue weighted by Crippen LogP contribution is 2.41. The minimum atomic E-state index is -2.87. The van der Waals surface area contributed by atoms with Gasteiger partial charge in [-0.3, -0.25) is 4.90 Å². The number of sulfone groups is 1. The van der Waals surface area contributed by atoms with E-state index in [2.05, 4.69) is 10.00 Å². The molecule has 140 valence electrons. The molecular formula is C19H24ClN3O2S. The van der Waals surface area contributed by atoms with Gasteiger partial charge in [0.15, 0.2) is 9.84 Å². The third kappa shape index (κ3) is 3.42. The zero-order chi connectivity index (χ0) is 18.4. The van der Waals surface area contributed by atoms with Crippen LogP contribution in [-0.4, -0.2) is 47.7 Å². The Morgan fingerprint density at radius 1 is 1.23 bits per heavy atom. The molecule has 0 saturated carbocycles. The second-order valence-electron chi connectivity index (χ2n) is 7.76. The van der Waals surface area contributed by atoms with Gasteiger partial charge in [0.1, 0.15) is 5.15 Å². The molecule has 5 nitrogen and oxygen atoms in total. The number of para-hydroxylation sites is 1. The molecule has 3 heterocycles. The van der Waals surface area contributed by atoms with Crippen molar-refractivity contribution >= 4 is 21.4 Å². The molecule has 1 spiro atoms. The molecule has 2 saturated heterocycles. The lowest BCUT2D eigenvalue weighted by Crippen LogP contribution is -2.43. The highest BCUT2D eigenvalue weighted by Gasteiger charge is 2.44. The van der Waals surface area contributed by atoms with E-state index >= 15 is 0 Å². The maximum atomic E-state index is 12.0. The van der Waals surface area contributed by atoms with Crippen LogP contribution < -0.4 is 0 Å². The minimum Gasteiger partial charge on any atom is -0.298 e. The number of hydrogen-bond donors (Lipinski definition) is 0. The molecule has 26 heavy (non-hydrogen) atoms. The number of aromatic nitrogens is 2. The number of nitrogens with zero attached hydrogens (tertiary/aromatic N) is 3. The van der Waals surface area contributed by atoms with E-state index in [1.807, 2.05) is 37.3 Å². The maximum Gasteiger partial charge on any atom is 0.150 e. The lowest BCUT2D eigenvalue weighted by Gasteiger charge is -2.39. The molecule has 2 fully saturated rings. The lowest BCUT2D eigenvalue weighted by molar-refractivity contribution is 0.102. The van der Waals surface area contributed by atoms with Crippen LogP contribution in [0.1, 0.15) is 30.5 Å². The van der Waals surface area contributed by atoms with Crippen molar-refractivity contribution in [3.05, 3.63) is 46.7 Å². The smallest absolute Gasteiger partial charge is 0.150 e. The molecule has 7 heteroatoms. The van der Waals surface area contributed by atoms with Gasteiger partial charge in [-0.15, -0.1) is 0 Å². The van der Waals surface area contributed by atoms with Gasteiger partial charge in [0.05, 0.1) is 22.9 Å². The fraction of sp³-hybridized carbons (Fsp3) is 0.526. The van der Waals surface area contributed by atoms with Gasteiger partial charge in [-0.05, 0) is 50.3 Å². The summed E-state index contributed by atoms with van der Waals surface area (Å²) in [5, 5.41) is 5.27. The Morgan fingerprint density at radius 3 is 2.69 bits per heavy atom. The number of likely N-dealkylation sites (tertiary alicyclic amines) is 1. The largest absolute Gasteiger partial charge is 0.298 e. The van der Waals surface area contributed by atoms with Crippen LogP contribution in [0.2, 0.25) is 5.15 Å². The van der Waals surface area contributed by atoms with E-state index in [-0.39, 0.29) is 5.41 Å². The summed E-state index contributed by atoms with van der Waals surface area (Å²) in [5.41, 5.74) is 2.85. The summed E-state index contributed by atoms with van der Waals surface area (Å²) in [6.45, 7) is 4.52. The normalized spacial score (nSPS) is 25.8. The zero-order valence-electron chi connectivity index (χ0n) is 15.0. The summed E-state index contributed by atoms with van der Waals surface area (Å²) in [4.78, 5) is 2.36. The summed E-state index contributed by atoms with van der Waals surface area (Å²) in [6, 6.07) is 9.88. The summed E-state index contributed by atoms with van der Waals surface area (Å²) in [5.74, 6) is 0.680. The van der Waals surface area contributed by atoms with Crippen LogP contribution in [-0.2, 0) is 16.4 Å². The van der Waals surface area contributed by atoms with Gasteiger partial charge in [0.25, 0.3) is 0 Å². The van der Waals surface area contributed by atoms with Crippen LogP contribution in [0.5, 0.6) is 0 Å². The Bertz CT molecular complexity index is 910. The SMILES string of the molecule is Cc1nn(-c2ccccc2)c(Cl)c1CN1CCCC2(CCS(=O)(=O)C2)C1. The quantitative estimate of drug-likeness (QED) is 0.803. The van der Waals surface area contributed by atoms with Crippen molar-refractivity contribution in [1.29, 1.82) is 0 Å².